The predicted octanol–water partition coefficient (Wildman–Crippen LogP) is 0.770. The number of aliphatic hydroxyl groups is 1. The number of allylic oxidation sites excluding steroid dienone is 2. The van der Waals surface area contributed by atoms with Crippen molar-refractivity contribution in [3.8, 4) is 0 Å². The minimum absolute atomic E-state index is 0.0700. The first kappa shape index (κ1) is 16.0. The van der Waals surface area contributed by atoms with Gasteiger partial charge in [-0.05, 0) is 18.6 Å². The summed E-state index contributed by atoms with van der Waals surface area (Å²) < 4.78 is 65.9. The SMILES string of the molecule is CC1=CC=CN2C1=N[C@@](O)(C(F)(F)F)[C@@H]2COS(C)(=O)=O. The lowest BCUT2D eigenvalue weighted by Crippen LogP contribution is -2.56. The summed E-state index contributed by atoms with van der Waals surface area (Å²) in [5, 5.41) is 9.94. The predicted molar refractivity (Wildman–Crippen MR) is 67.8 cm³/mol. The number of rotatable bonds is 3. The first-order chi connectivity index (χ1) is 9.46. The van der Waals surface area contributed by atoms with Gasteiger partial charge in [0.25, 0.3) is 15.8 Å². The van der Waals surface area contributed by atoms with E-state index in [0.29, 0.717) is 11.8 Å². The number of alkyl halides is 3. The molecule has 0 amide bonds. The minimum Gasteiger partial charge on any atom is -0.360 e. The molecule has 118 valence electrons. The second kappa shape index (κ2) is 4.82. The third kappa shape index (κ3) is 2.83. The maximum atomic E-state index is 13.1. The summed E-state index contributed by atoms with van der Waals surface area (Å²) in [7, 11) is -3.95. The van der Waals surface area contributed by atoms with Crippen LogP contribution in [0.15, 0.2) is 28.9 Å². The Morgan fingerprint density at radius 1 is 1.52 bits per heavy atom. The molecule has 2 aliphatic heterocycles. The molecule has 1 N–H and O–H groups in total. The Morgan fingerprint density at radius 3 is 2.67 bits per heavy atom. The number of fused-ring (bicyclic) bond motifs is 1. The molecule has 0 aromatic rings. The molecule has 0 spiro atoms. The molecule has 6 nitrogen and oxygen atoms in total. The van der Waals surface area contributed by atoms with Crippen LogP contribution < -0.4 is 0 Å². The fourth-order valence-corrected chi connectivity index (χ4v) is 2.47. The molecule has 0 saturated heterocycles. The smallest absolute Gasteiger partial charge is 0.360 e. The highest BCUT2D eigenvalue weighted by molar-refractivity contribution is 7.85. The number of halogens is 3. The van der Waals surface area contributed by atoms with Gasteiger partial charge in [0, 0.05) is 6.20 Å². The monoisotopic (exact) mass is 326 g/mol. The Morgan fingerprint density at radius 2 is 2.14 bits per heavy atom. The van der Waals surface area contributed by atoms with Gasteiger partial charge in [0.05, 0.1) is 12.9 Å². The molecule has 2 atom stereocenters. The molecular weight excluding hydrogens is 313 g/mol. The molecular formula is C11H13F3N2O4S. The van der Waals surface area contributed by atoms with E-state index in [1.165, 1.54) is 25.3 Å². The van der Waals surface area contributed by atoms with Crippen LogP contribution in [-0.2, 0) is 14.3 Å². The fourth-order valence-electron chi connectivity index (χ4n) is 2.09. The summed E-state index contributed by atoms with van der Waals surface area (Å²) in [6.07, 6.45) is -0.0633. The highest BCUT2D eigenvalue weighted by Gasteiger charge is 2.64. The van der Waals surface area contributed by atoms with Gasteiger partial charge < -0.3 is 10.0 Å². The molecule has 10 heteroatoms. The third-order valence-electron chi connectivity index (χ3n) is 3.12. The van der Waals surface area contributed by atoms with Gasteiger partial charge in [-0.2, -0.15) is 21.6 Å². The molecule has 0 aliphatic carbocycles. The summed E-state index contributed by atoms with van der Waals surface area (Å²) in [6, 6.07) is -1.72. The molecule has 0 fully saturated rings. The first-order valence-corrected chi connectivity index (χ1v) is 7.64. The van der Waals surface area contributed by atoms with Crippen LogP contribution in [0.3, 0.4) is 0 Å². The van der Waals surface area contributed by atoms with Crippen molar-refractivity contribution in [2.45, 2.75) is 24.9 Å². The molecule has 0 bridgehead atoms. The van der Waals surface area contributed by atoms with Gasteiger partial charge in [0.2, 0.25) is 0 Å². The van der Waals surface area contributed by atoms with Gasteiger partial charge in [-0.3, -0.25) is 4.18 Å². The second-order valence-electron chi connectivity index (χ2n) is 4.76. The Labute approximate surface area is 119 Å². The van der Waals surface area contributed by atoms with Crippen LogP contribution in [0.5, 0.6) is 0 Å². The molecule has 0 unspecified atom stereocenters. The second-order valence-corrected chi connectivity index (χ2v) is 6.41. The number of hydrogen-bond donors (Lipinski definition) is 1. The summed E-state index contributed by atoms with van der Waals surface area (Å²) >= 11 is 0. The van der Waals surface area contributed by atoms with Crippen LogP contribution in [0.25, 0.3) is 0 Å². The van der Waals surface area contributed by atoms with E-state index >= 15 is 0 Å². The lowest BCUT2D eigenvalue weighted by Gasteiger charge is -2.33. The summed E-state index contributed by atoms with van der Waals surface area (Å²) in [5.41, 5.74) is -3.02. The van der Waals surface area contributed by atoms with E-state index in [4.69, 9.17) is 0 Å². The number of amidine groups is 1. The van der Waals surface area contributed by atoms with Crippen LogP contribution >= 0.6 is 0 Å². The molecule has 0 aromatic heterocycles. The van der Waals surface area contributed by atoms with Crippen LogP contribution in [0.2, 0.25) is 0 Å². The lowest BCUT2D eigenvalue weighted by atomic mass is 10.0. The molecule has 2 rings (SSSR count). The van der Waals surface area contributed by atoms with Crippen molar-refractivity contribution in [2.24, 2.45) is 4.99 Å². The Hall–Kier alpha value is -1.39. The van der Waals surface area contributed by atoms with Crippen molar-refractivity contribution in [3.05, 3.63) is 23.9 Å². The molecule has 2 aliphatic rings. The average Bonchev–Trinajstić information content (AvgIpc) is 2.60. The largest absolute Gasteiger partial charge is 0.440 e. The Balaban J connectivity index is 2.41. The first-order valence-electron chi connectivity index (χ1n) is 5.83. The van der Waals surface area contributed by atoms with E-state index in [0.717, 1.165) is 4.90 Å². The van der Waals surface area contributed by atoms with E-state index in [1.807, 2.05) is 0 Å². The quantitative estimate of drug-likeness (QED) is 0.775. The molecule has 0 aromatic carbocycles. The van der Waals surface area contributed by atoms with Crippen LogP contribution in [0.4, 0.5) is 13.2 Å². The molecule has 0 saturated carbocycles. The van der Waals surface area contributed by atoms with E-state index in [9.17, 15) is 26.7 Å². The Bertz CT molecular complexity index is 638. The maximum absolute atomic E-state index is 13.1. The zero-order valence-electron chi connectivity index (χ0n) is 11.1. The summed E-state index contributed by atoms with van der Waals surface area (Å²) in [6.45, 7) is 0.658. The van der Waals surface area contributed by atoms with Crippen LogP contribution in [0.1, 0.15) is 6.92 Å². The fraction of sp³-hybridized carbons (Fsp3) is 0.545. The van der Waals surface area contributed by atoms with E-state index in [2.05, 4.69) is 9.18 Å². The van der Waals surface area contributed by atoms with Crippen molar-refractivity contribution in [1.29, 1.82) is 0 Å². The minimum atomic E-state index is -5.07. The van der Waals surface area contributed by atoms with Gasteiger partial charge >= 0.3 is 6.18 Å². The van der Waals surface area contributed by atoms with E-state index in [-0.39, 0.29) is 5.84 Å². The highest BCUT2D eigenvalue weighted by atomic mass is 32.2. The zero-order chi connectivity index (χ0) is 16.1. The average molecular weight is 326 g/mol. The molecule has 2 heterocycles. The number of nitrogens with zero attached hydrogens (tertiary/aromatic N) is 2. The molecule has 21 heavy (non-hydrogen) atoms. The van der Waals surface area contributed by atoms with Crippen molar-refractivity contribution in [3.63, 3.8) is 0 Å². The number of hydrogen-bond acceptors (Lipinski definition) is 6. The van der Waals surface area contributed by atoms with Gasteiger partial charge in [-0.1, -0.05) is 6.08 Å². The van der Waals surface area contributed by atoms with Gasteiger partial charge in [-0.25, -0.2) is 4.99 Å². The topological polar surface area (TPSA) is 79.2 Å². The van der Waals surface area contributed by atoms with E-state index < -0.39 is 34.7 Å². The zero-order valence-corrected chi connectivity index (χ0v) is 11.9. The van der Waals surface area contributed by atoms with Crippen LogP contribution in [-0.4, -0.2) is 55.1 Å². The molecule has 0 radical (unpaired) electrons. The third-order valence-corrected chi connectivity index (χ3v) is 3.69. The normalized spacial score (nSPS) is 29.2. The summed E-state index contributed by atoms with van der Waals surface area (Å²) in [5.74, 6) is -0.0700. The van der Waals surface area contributed by atoms with Crippen LogP contribution in [0, 0.1) is 0 Å². The van der Waals surface area contributed by atoms with Gasteiger partial charge in [-0.15, -0.1) is 0 Å². The lowest BCUT2D eigenvalue weighted by molar-refractivity contribution is -0.268. The number of aliphatic imine (C=N–C) groups is 1. The van der Waals surface area contributed by atoms with Crippen molar-refractivity contribution in [1.82, 2.24) is 4.90 Å². The van der Waals surface area contributed by atoms with Crippen molar-refractivity contribution in [2.75, 3.05) is 12.9 Å². The summed E-state index contributed by atoms with van der Waals surface area (Å²) in [4.78, 5) is 4.42. The standard InChI is InChI=1S/C11H13F3N2O4S/c1-7-4-3-5-16-8(6-20-21(2,18)19)10(17,11(12,13)14)15-9(7)16/h3-5,8,17H,6H2,1-2H3/t8-,10-/m0/s1. The van der Waals surface area contributed by atoms with Gasteiger partial charge in [0.15, 0.2) is 0 Å². The highest BCUT2D eigenvalue weighted by Crippen LogP contribution is 2.42. The van der Waals surface area contributed by atoms with Gasteiger partial charge in [0.1, 0.15) is 11.9 Å². The van der Waals surface area contributed by atoms with Crippen molar-refractivity contribution < 1.29 is 30.9 Å². The maximum Gasteiger partial charge on any atom is 0.440 e. The van der Waals surface area contributed by atoms with E-state index in [1.54, 1.807) is 0 Å². The van der Waals surface area contributed by atoms with Crippen molar-refractivity contribution >= 4 is 16.0 Å². The Kier molecular flexibility index (Phi) is 3.67.